The normalized spacial score (nSPS) is 12.0. The third kappa shape index (κ3) is 4.37. The first-order valence-corrected chi connectivity index (χ1v) is 8.98. The minimum absolute atomic E-state index is 0.136. The average Bonchev–Trinajstić information content (AvgIpc) is 3.10. The zero-order valence-corrected chi connectivity index (χ0v) is 15.9. The number of esters is 1. The van der Waals surface area contributed by atoms with Gasteiger partial charge in [0, 0.05) is 24.0 Å². The molecule has 2 aromatic carbocycles. The van der Waals surface area contributed by atoms with Gasteiger partial charge >= 0.3 is 5.97 Å². The van der Waals surface area contributed by atoms with Crippen molar-refractivity contribution in [2.45, 2.75) is 20.4 Å². The van der Waals surface area contributed by atoms with Crippen molar-refractivity contribution in [1.82, 2.24) is 9.88 Å². The van der Waals surface area contributed by atoms with E-state index in [0.717, 1.165) is 22.0 Å². The van der Waals surface area contributed by atoms with E-state index in [2.05, 4.69) is 4.98 Å². The Labute approximate surface area is 158 Å². The van der Waals surface area contributed by atoms with Crippen LogP contribution < -0.4 is 0 Å². The predicted molar refractivity (Wildman–Crippen MR) is 105 cm³/mol. The summed E-state index contributed by atoms with van der Waals surface area (Å²) in [6.07, 6.45) is 0. The number of ether oxygens (including phenoxy) is 1. The van der Waals surface area contributed by atoms with Crippen LogP contribution in [0.15, 0.2) is 54.6 Å². The second kappa shape index (κ2) is 8.08. The Hall–Kier alpha value is -3.08. The molecule has 5 nitrogen and oxygen atoms in total. The van der Waals surface area contributed by atoms with Crippen LogP contribution >= 0.6 is 0 Å². The van der Waals surface area contributed by atoms with Crippen LogP contribution in [0.1, 0.15) is 28.5 Å². The molecule has 0 bridgehead atoms. The lowest BCUT2D eigenvalue weighted by molar-refractivity contribution is -0.145. The van der Waals surface area contributed by atoms with Crippen LogP contribution in [0.3, 0.4) is 0 Å². The lowest BCUT2D eigenvalue weighted by atomic mass is 10.1. The summed E-state index contributed by atoms with van der Waals surface area (Å²) < 4.78 is 4.83. The van der Waals surface area contributed by atoms with Crippen molar-refractivity contribution in [3.8, 4) is 0 Å². The van der Waals surface area contributed by atoms with Gasteiger partial charge in [-0.1, -0.05) is 49.4 Å². The van der Waals surface area contributed by atoms with E-state index in [-0.39, 0.29) is 18.4 Å². The number of hydrogen-bond acceptors (Lipinski definition) is 3. The SMILES string of the molecule is COC(=O)C(C)CN(Cc1ccccc1)C(=O)c1cc2ccc(C)cc2[nH]1. The van der Waals surface area contributed by atoms with Gasteiger partial charge in [0.15, 0.2) is 0 Å². The molecule has 5 heteroatoms. The minimum atomic E-state index is -0.408. The first kappa shape index (κ1) is 18.7. The zero-order chi connectivity index (χ0) is 19.4. The van der Waals surface area contributed by atoms with Crippen molar-refractivity contribution in [2.24, 2.45) is 5.92 Å². The van der Waals surface area contributed by atoms with E-state index >= 15 is 0 Å². The second-order valence-corrected chi connectivity index (χ2v) is 6.87. The number of hydrogen-bond donors (Lipinski definition) is 1. The van der Waals surface area contributed by atoms with Gasteiger partial charge in [-0.05, 0) is 30.2 Å². The van der Waals surface area contributed by atoms with E-state index in [1.807, 2.05) is 61.5 Å². The number of fused-ring (bicyclic) bond motifs is 1. The summed E-state index contributed by atoms with van der Waals surface area (Å²) in [6, 6.07) is 17.6. The molecule has 140 valence electrons. The predicted octanol–water partition coefficient (Wildman–Crippen LogP) is 3.93. The van der Waals surface area contributed by atoms with Gasteiger partial charge in [0.25, 0.3) is 5.91 Å². The van der Waals surface area contributed by atoms with Gasteiger partial charge in [0.2, 0.25) is 0 Å². The molecule has 1 atom stereocenters. The van der Waals surface area contributed by atoms with Crippen LogP contribution in [0.5, 0.6) is 0 Å². The van der Waals surface area contributed by atoms with Gasteiger partial charge in [0.05, 0.1) is 13.0 Å². The number of carbonyl (C=O) groups is 2. The summed E-state index contributed by atoms with van der Waals surface area (Å²) in [5.74, 6) is -0.870. The maximum atomic E-state index is 13.2. The highest BCUT2D eigenvalue weighted by Crippen LogP contribution is 2.19. The number of benzene rings is 2. The molecule has 0 fully saturated rings. The van der Waals surface area contributed by atoms with E-state index in [9.17, 15) is 9.59 Å². The van der Waals surface area contributed by atoms with Gasteiger partial charge in [0.1, 0.15) is 5.69 Å². The van der Waals surface area contributed by atoms with Crippen LogP contribution in [-0.4, -0.2) is 35.4 Å². The zero-order valence-electron chi connectivity index (χ0n) is 15.9. The fourth-order valence-electron chi connectivity index (χ4n) is 3.16. The Balaban J connectivity index is 1.89. The van der Waals surface area contributed by atoms with Gasteiger partial charge in [-0.25, -0.2) is 0 Å². The average molecular weight is 364 g/mol. The first-order valence-electron chi connectivity index (χ1n) is 8.98. The minimum Gasteiger partial charge on any atom is -0.469 e. The number of nitrogens with zero attached hydrogens (tertiary/aromatic N) is 1. The molecular formula is C22H24N2O3. The number of methoxy groups -OCH3 is 1. The molecule has 1 aromatic heterocycles. The lowest BCUT2D eigenvalue weighted by Gasteiger charge is -2.25. The maximum Gasteiger partial charge on any atom is 0.310 e. The summed E-state index contributed by atoms with van der Waals surface area (Å²) in [5.41, 5.74) is 3.58. The number of carbonyl (C=O) groups excluding carboxylic acids is 2. The highest BCUT2D eigenvalue weighted by Gasteiger charge is 2.24. The number of rotatable bonds is 6. The fraction of sp³-hybridized carbons (Fsp3) is 0.273. The van der Waals surface area contributed by atoms with Gasteiger partial charge < -0.3 is 14.6 Å². The number of aromatic amines is 1. The Morgan fingerprint density at radius 2 is 1.85 bits per heavy atom. The fourth-order valence-corrected chi connectivity index (χ4v) is 3.16. The molecule has 0 saturated carbocycles. The van der Waals surface area contributed by atoms with E-state index in [1.54, 1.807) is 11.8 Å². The Morgan fingerprint density at radius 3 is 2.56 bits per heavy atom. The van der Waals surface area contributed by atoms with Gasteiger partial charge in [-0.2, -0.15) is 0 Å². The highest BCUT2D eigenvalue weighted by atomic mass is 16.5. The second-order valence-electron chi connectivity index (χ2n) is 6.87. The Morgan fingerprint density at radius 1 is 1.11 bits per heavy atom. The van der Waals surface area contributed by atoms with Gasteiger partial charge in [-0.15, -0.1) is 0 Å². The monoisotopic (exact) mass is 364 g/mol. The summed E-state index contributed by atoms with van der Waals surface area (Å²) in [7, 11) is 1.36. The van der Waals surface area contributed by atoms with E-state index in [4.69, 9.17) is 4.74 Å². The summed E-state index contributed by atoms with van der Waals surface area (Å²) >= 11 is 0. The number of H-pyrrole nitrogens is 1. The van der Waals surface area contributed by atoms with Crippen molar-refractivity contribution in [3.63, 3.8) is 0 Å². The Bertz CT molecular complexity index is 947. The van der Waals surface area contributed by atoms with Crippen molar-refractivity contribution < 1.29 is 14.3 Å². The summed E-state index contributed by atoms with van der Waals surface area (Å²) in [4.78, 5) is 30.0. The number of nitrogens with one attached hydrogen (secondary N) is 1. The number of aryl methyl sites for hydroxylation is 1. The van der Waals surface area contributed by atoms with Crippen LogP contribution in [0, 0.1) is 12.8 Å². The van der Waals surface area contributed by atoms with Crippen molar-refractivity contribution in [1.29, 1.82) is 0 Å². The van der Waals surface area contributed by atoms with Crippen molar-refractivity contribution in [3.05, 3.63) is 71.4 Å². The molecule has 3 rings (SSSR count). The molecule has 0 spiro atoms. The molecule has 1 unspecified atom stereocenters. The van der Waals surface area contributed by atoms with Crippen LogP contribution in [-0.2, 0) is 16.1 Å². The largest absolute Gasteiger partial charge is 0.469 e. The molecule has 0 aliphatic rings. The number of aromatic nitrogens is 1. The molecule has 1 N–H and O–H groups in total. The maximum absolute atomic E-state index is 13.2. The van der Waals surface area contributed by atoms with E-state index < -0.39 is 5.92 Å². The molecular weight excluding hydrogens is 340 g/mol. The third-order valence-electron chi connectivity index (χ3n) is 4.61. The van der Waals surface area contributed by atoms with Crippen LogP contribution in [0.4, 0.5) is 0 Å². The molecule has 0 aliphatic heterocycles. The molecule has 3 aromatic rings. The van der Waals surface area contributed by atoms with E-state index in [1.165, 1.54) is 7.11 Å². The lowest BCUT2D eigenvalue weighted by Crippen LogP contribution is -2.37. The third-order valence-corrected chi connectivity index (χ3v) is 4.61. The Kier molecular flexibility index (Phi) is 5.60. The van der Waals surface area contributed by atoms with E-state index in [0.29, 0.717) is 12.2 Å². The topological polar surface area (TPSA) is 62.4 Å². The molecule has 0 radical (unpaired) electrons. The standard InChI is InChI=1S/C22H24N2O3/c1-15-9-10-18-12-20(23-19(18)11-15)21(25)24(13-16(2)22(26)27-3)14-17-7-5-4-6-8-17/h4-12,16,23H,13-14H2,1-3H3. The van der Waals surface area contributed by atoms with Crippen LogP contribution in [0.25, 0.3) is 10.9 Å². The first-order chi connectivity index (χ1) is 13.0. The highest BCUT2D eigenvalue weighted by molar-refractivity contribution is 5.98. The summed E-state index contributed by atoms with van der Waals surface area (Å²) in [6.45, 7) is 4.50. The number of amides is 1. The van der Waals surface area contributed by atoms with Crippen molar-refractivity contribution in [2.75, 3.05) is 13.7 Å². The molecule has 0 saturated heterocycles. The molecule has 27 heavy (non-hydrogen) atoms. The van der Waals surface area contributed by atoms with Crippen molar-refractivity contribution >= 4 is 22.8 Å². The molecule has 1 amide bonds. The van der Waals surface area contributed by atoms with Crippen LogP contribution in [0.2, 0.25) is 0 Å². The quantitative estimate of drug-likeness (QED) is 0.674. The van der Waals surface area contributed by atoms with Gasteiger partial charge in [-0.3, -0.25) is 9.59 Å². The summed E-state index contributed by atoms with van der Waals surface area (Å²) in [5, 5.41) is 0.990. The molecule has 1 heterocycles. The smallest absolute Gasteiger partial charge is 0.310 e. The molecule has 0 aliphatic carbocycles.